The monoisotopic (exact) mass is 284 g/mol. The smallest absolute Gasteiger partial charge is 0.224 e. The maximum atomic E-state index is 11.4. The molecule has 4 heteroatoms. The second-order valence-corrected chi connectivity index (χ2v) is 4.58. The number of carbonyl (C=O) groups is 1. The fourth-order valence-electron chi connectivity index (χ4n) is 1.29. The second-order valence-electron chi connectivity index (χ2n) is 3.78. The average molecular weight is 285 g/mol. The van der Waals surface area contributed by atoms with Gasteiger partial charge in [-0.15, -0.1) is 0 Å². The van der Waals surface area contributed by atoms with E-state index in [9.17, 15) is 4.79 Å². The highest BCUT2D eigenvalue weighted by atomic mass is 79.9. The Labute approximate surface area is 105 Å². The van der Waals surface area contributed by atoms with Crippen LogP contribution in [0.25, 0.3) is 0 Å². The molecule has 16 heavy (non-hydrogen) atoms. The topological polar surface area (TPSA) is 32.3 Å². The molecule has 0 saturated carbocycles. The van der Waals surface area contributed by atoms with Gasteiger partial charge in [-0.25, -0.2) is 0 Å². The quantitative estimate of drug-likeness (QED) is 0.844. The van der Waals surface area contributed by atoms with Crippen molar-refractivity contribution in [1.29, 1.82) is 0 Å². The second kappa shape index (κ2) is 6.53. The maximum Gasteiger partial charge on any atom is 0.224 e. The number of anilines is 2. The van der Waals surface area contributed by atoms with Crippen LogP contribution in [-0.4, -0.2) is 25.3 Å². The number of hydrogen-bond donors (Lipinski definition) is 1. The molecule has 1 rings (SSSR count). The molecule has 0 aliphatic rings. The molecule has 1 aromatic carbocycles. The Morgan fingerprint density at radius 2 is 1.94 bits per heavy atom. The molecule has 0 atom stereocenters. The van der Waals surface area contributed by atoms with Crippen LogP contribution in [-0.2, 0) is 4.79 Å². The van der Waals surface area contributed by atoms with Crippen molar-refractivity contribution in [2.24, 2.45) is 0 Å². The predicted octanol–water partition coefficient (Wildman–Crippen LogP) is 2.87. The van der Waals surface area contributed by atoms with E-state index in [4.69, 9.17) is 0 Å². The Morgan fingerprint density at radius 1 is 1.31 bits per heavy atom. The minimum absolute atomic E-state index is 0.0667. The number of nitrogens with one attached hydrogen (secondary N) is 1. The van der Waals surface area contributed by atoms with E-state index >= 15 is 0 Å². The highest BCUT2D eigenvalue weighted by Crippen LogP contribution is 2.15. The van der Waals surface area contributed by atoms with Gasteiger partial charge in [0.05, 0.1) is 0 Å². The number of benzene rings is 1. The SMILES string of the molecule is CN(C)c1ccc(NC(=O)CCCBr)cc1. The van der Waals surface area contributed by atoms with Gasteiger partial charge < -0.3 is 10.2 Å². The molecule has 0 bridgehead atoms. The lowest BCUT2D eigenvalue weighted by Gasteiger charge is -2.12. The number of rotatable bonds is 5. The number of halogens is 1. The molecule has 88 valence electrons. The van der Waals surface area contributed by atoms with Crippen molar-refractivity contribution in [3.8, 4) is 0 Å². The van der Waals surface area contributed by atoms with Crippen molar-refractivity contribution < 1.29 is 4.79 Å². The Bertz CT molecular complexity index is 335. The van der Waals surface area contributed by atoms with Crippen LogP contribution in [0.1, 0.15) is 12.8 Å². The molecule has 0 saturated heterocycles. The van der Waals surface area contributed by atoms with Crippen molar-refractivity contribution >= 4 is 33.2 Å². The number of hydrogen-bond acceptors (Lipinski definition) is 2. The van der Waals surface area contributed by atoms with E-state index < -0.39 is 0 Å². The molecular formula is C12H17BrN2O. The van der Waals surface area contributed by atoms with E-state index in [2.05, 4.69) is 21.2 Å². The standard InChI is InChI=1S/C12H17BrN2O/c1-15(2)11-7-5-10(6-8-11)14-12(16)4-3-9-13/h5-8H,3-4,9H2,1-2H3,(H,14,16). The summed E-state index contributed by atoms with van der Waals surface area (Å²) < 4.78 is 0. The molecule has 0 radical (unpaired) electrons. The average Bonchev–Trinajstić information content (AvgIpc) is 2.27. The third-order valence-electron chi connectivity index (χ3n) is 2.20. The third kappa shape index (κ3) is 4.23. The number of carbonyl (C=O) groups excluding carboxylic acids is 1. The van der Waals surface area contributed by atoms with Gasteiger partial charge in [-0.1, -0.05) is 15.9 Å². The van der Waals surface area contributed by atoms with Crippen LogP contribution in [0.5, 0.6) is 0 Å². The molecule has 0 fully saturated rings. The molecule has 1 amide bonds. The summed E-state index contributed by atoms with van der Waals surface area (Å²) >= 11 is 3.30. The summed E-state index contributed by atoms with van der Waals surface area (Å²) in [7, 11) is 3.98. The Balaban J connectivity index is 2.51. The maximum absolute atomic E-state index is 11.4. The molecule has 1 N–H and O–H groups in total. The van der Waals surface area contributed by atoms with E-state index in [1.165, 1.54) is 0 Å². The first-order chi connectivity index (χ1) is 7.63. The molecule has 3 nitrogen and oxygen atoms in total. The van der Waals surface area contributed by atoms with E-state index in [0.29, 0.717) is 6.42 Å². The first-order valence-electron chi connectivity index (χ1n) is 5.26. The van der Waals surface area contributed by atoms with E-state index in [0.717, 1.165) is 23.1 Å². The first kappa shape index (κ1) is 13.0. The Morgan fingerprint density at radius 3 is 2.44 bits per heavy atom. The summed E-state index contributed by atoms with van der Waals surface area (Å²) in [6, 6.07) is 7.81. The highest BCUT2D eigenvalue weighted by molar-refractivity contribution is 9.09. The van der Waals surface area contributed by atoms with Gasteiger partial charge in [-0.05, 0) is 30.7 Å². The van der Waals surface area contributed by atoms with Crippen molar-refractivity contribution in [3.63, 3.8) is 0 Å². The summed E-state index contributed by atoms with van der Waals surface area (Å²) in [4.78, 5) is 13.5. The molecule has 0 aliphatic heterocycles. The van der Waals surface area contributed by atoms with Crippen LogP contribution in [0, 0.1) is 0 Å². The van der Waals surface area contributed by atoms with Crippen molar-refractivity contribution in [3.05, 3.63) is 24.3 Å². The van der Waals surface area contributed by atoms with Crippen LogP contribution in [0.15, 0.2) is 24.3 Å². The molecular weight excluding hydrogens is 268 g/mol. The Kier molecular flexibility index (Phi) is 5.32. The lowest BCUT2D eigenvalue weighted by molar-refractivity contribution is -0.116. The van der Waals surface area contributed by atoms with Crippen LogP contribution in [0.3, 0.4) is 0 Å². The van der Waals surface area contributed by atoms with Gasteiger partial charge in [-0.3, -0.25) is 4.79 Å². The predicted molar refractivity (Wildman–Crippen MR) is 72.4 cm³/mol. The third-order valence-corrected chi connectivity index (χ3v) is 2.77. The van der Waals surface area contributed by atoms with Crippen molar-refractivity contribution in [2.75, 3.05) is 29.6 Å². The number of nitrogens with zero attached hydrogens (tertiary/aromatic N) is 1. The zero-order chi connectivity index (χ0) is 12.0. The molecule has 0 heterocycles. The van der Waals surface area contributed by atoms with Crippen LogP contribution in [0.4, 0.5) is 11.4 Å². The van der Waals surface area contributed by atoms with E-state index in [1.54, 1.807) is 0 Å². The van der Waals surface area contributed by atoms with Crippen molar-refractivity contribution in [1.82, 2.24) is 0 Å². The van der Waals surface area contributed by atoms with Gasteiger partial charge in [0.25, 0.3) is 0 Å². The van der Waals surface area contributed by atoms with Gasteiger partial charge in [0.15, 0.2) is 0 Å². The summed E-state index contributed by atoms with van der Waals surface area (Å²) in [5.41, 5.74) is 1.98. The van der Waals surface area contributed by atoms with Gasteiger partial charge in [0.2, 0.25) is 5.91 Å². The number of alkyl halides is 1. The van der Waals surface area contributed by atoms with Gasteiger partial charge >= 0.3 is 0 Å². The molecule has 0 spiro atoms. The lowest BCUT2D eigenvalue weighted by Crippen LogP contribution is -2.12. The lowest BCUT2D eigenvalue weighted by atomic mass is 10.2. The fourth-order valence-corrected chi connectivity index (χ4v) is 1.57. The minimum atomic E-state index is 0.0667. The normalized spacial score (nSPS) is 9.94. The van der Waals surface area contributed by atoms with Crippen LogP contribution in [0.2, 0.25) is 0 Å². The zero-order valence-corrected chi connectivity index (χ0v) is 11.3. The fraction of sp³-hybridized carbons (Fsp3) is 0.417. The summed E-state index contributed by atoms with van der Waals surface area (Å²) in [6.07, 6.45) is 1.42. The summed E-state index contributed by atoms with van der Waals surface area (Å²) in [5.74, 6) is 0.0667. The van der Waals surface area contributed by atoms with E-state index in [1.807, 2.05) is 43.3 Å². The highest BCUT2D eigenvalue weighted by Gasteiger charge is 2.01. The van der Waals surface area contributed by atoms with Crippen LogP contribution >= 0.6 is 15.9 Å². The zero-order valence-electron chi connectivity index (χ0n) is 9.66. The van der Waals surface area contributed by atoms with Crippen LogP contribution < -0.4 is 10.2 Å². The van der Waals surface area contributed by atoms with Gasteiger partial charge in [-0.2, -0.15) is 0 Å². The molecule has 0 aromatic heterocycles. The van der Waals surface area contributed by atoms with Gasteiger partial charge in [0.1, 0.15) is 0 Å². The minimum Gasteiger partial charge on any atom is -0.378 e. The molecule has 0 aliphatic carbocycles. The largest absolute Gasteiger partial charge is 0.378 e. The summed E-state index contributed by atoms with van der Waals surface area (Å²) in [5, 5.41) is 3.73. The first-order valence-corrected chi connectivity index (χ1v) is 6.39. The number of amides is 1. The van der Waals surface area contributed by atoms with Crippen molar-refractivity contribution in [2.45, 2.75) is 12.8 Å². The van der Waals surface area contributed by atoms with Gasteiger partial charge in [0, 0.05) is 37.2 Å². The Hall–Kier alpha value is -1.03. The molecule has 0 unspecified atom stereocenters. The molecule has 1 aromatic rings. The van der Waals surface area contributed by atoms with E-state index in [-0.39, 0.29) is 5.91 Å². The summed E-state index contributed by atoms with van der Waals surface area (Å²) in [6.45, 7) is 0.